The van der Waals surface area contributed by atoms with Crippen molar-refractivity contribution in [3.8, 4) is 0 Å². The summed E-state index contributed by atoms with van der Waals surface area (Å²) in [5.41, 5.74) is 2.02. The Morgan fingerprint density at radius 2 is 1.89 bits per heavy atom. The van der Waals surface area contributed by atoms with Gasteiger partial charge >= 0.3 is 0 Å². The quantitative estimate of drug-likeness (QED) is 0.866. The van der Waals surface area contributed by atoms with Crippen LogP contribution in [-0.4, -0.2) is 42.8 Å². The first kappa shape index (κ1) is 18.7. The summed E-state index contributed by atoms with van der Waals surface area (Å²) >= 11 is 0. The summed E-state index contributed by atoms with van der Waals surface area (Å²) in [5.74, 6) is -0.284. The van der Waals surface area contributed by atoms with Gasteiger partial charge < -0.3 is 20.0 Å². The molecule has 2 heterocycles. The average Bonchev–Trinajstić information content (AvgIpc) is 3.23. The number of anilines is 1. The van der Waals surface area contributed by atoms with Crippen molar-refractivity contribution in [2.24, 2.45) is 5.92 Å². The molecule has 142 valence electrons. The van der Waals surface area contributed by atoms with Gasteiger partial charge in [0.05, 0.1) is 6.26 Å². The summed E-state index contributed by atoms with van der Waals surface area (Å²) in [4.78, 5) is 38.4. The third kappa shape index (κ3) is 4.19. The molecule has 0 atom stereocenters. The van der Waals surface area contributed by atoms with Gasteiger partial charge in [0.2, 0.25) is 5.91 Å². The van der Waals surface area contributed by atoms with Crippen molar-refractivity contribution in [2.75, 3.05) is 25.5 Å². The second kappa shape index (κ2) is 8.07. The average molecular weight is 369 g/mol. The van der Waals surface area contributed by atoms with Crippen LogP contribution in [0, 0.1) is 12.8 Å². The zero-order valence-corrected chi connectivity index (χ0v) is 15.5. The summed E-state index contributed by atoms with van der Waals surface area (Å²) in [6, 6.07) is 8.54. The van der Waals surface area contributed by atoms with Crippen LogP contribution in [0.5, 0.6) is 0 Å². The maximum atomic E-state index is 12.6. The largest absolute Gasteiger partial charge is 0.459 e. The van der Waals surface area contributed by atoms with Gasteiger partial charge in [-0.15, -0.1) is 0 Å². The highest BCUT2D eigenvalue weighted by Gasteiger charge is 2.29. The summed E-state index contributed by atoms with van der Waals surface area (Å²) in [7, 11) is 1.57. The molecule has 0 radical (unpaired) electrons. The third-order valence-electron chi connectivity index (χ3n) is 4.87. The zero-order valence-electron chi connectivity index (χ0n) is 15.5. The van der Waals surface area contributed by atoms with Crippen LogP contribution in [0.15, 0.2) is 41.0 Å². The van der Waals surface area contributed by atoms with Gasteiger partial charge in [0.15, 0.2) is 5.76 Å². The lowest BCUT2D eigenvalue weighted by molar-refractivity contribution is -0.121. The molecule has 7 nitrogen and oxygen atoms in total. The number of hydrogen-bond donors (Lipinski definition) is 2. The van der Waals surface area contributed by atoms with Gasteiger partial charge in [0.1, 0.15) is 0 Å². The van der Waals surface area contributed by atoms with Crippen LogP contribution in [0.2, 0.25) is 0 Å². The molecule has 2 N–H and O–H groups in total. The second-order valence-corrected chi connectivity index (χ2v) is 6.64. The van der Waals surface area contributed by atoms with E-state index in [1.165, 1.54) is 6.26 Å². The van der Waals surface area contributed by atoms with Crippen LogP contribution < -0.4 is 10.6 Å². The number of piperidine rings is 1. The van der Waals surface area contributed by atoms with E-state index in [-0.39, 0.29) is 23.6 Å². The Morgan fingerprint density at radius 1 is 1.15 bits per heavy atom. The summed E-state index contributed by atoms with van der Waals surface area (Å²) in [5, 5.41) is 5.50. The lowest BCUT2D eigenvalue weighted by Crippen LogP contribution is -2.41. The fourth-order valence-electron chi connectivity index (χ4n) is 3.18. The molecule has 0 spiro atoms. The van der Waals surface area contributed by atoms with Crippen LogP contribution in [-0.2, 0) is 4.79 Å². The van der Waals surface area contributed by atoms with Gasteiger partial charge in [0.25, 0.3) is 11.8 Å². The Kier molecular flexibility index (Phi) is 5.59. The lowest BCUT2D eigenvalue weighted by atomic mass is 9.95. The first-order valence-electron chi connectivity index (χ1n) is 8.96. The number of nitrogens with zero attached hydrogens (tertiary/aromatic N) is 1. The molecule has 1 aliphatic heterocycles. The molecule has 0 saturated carbocycles. The summed E-state index contributed by atoms with van der Waals surface area (Å²) in [6.07, 6.45) is 2.65. The standard InChI is InChI=1S/C20H23N3O4/c1-13-5-6-15(18(24)21-2)12-16(13)22-19(25)14-7-9-23(10-8-14)20(26)17-4-3-11-27-17/h3-6,11-12,14H,7-10H2,1-2H3,(H,21,24)(H,22,25). The van der Waals surface area contributed by atoms with Gasteiger partial charge in [0, 0.05) is 37.3 Å². The van der Waals surface area contributed by atoms with E-state index in [0.717, 1.165) is 5.56 Å². The van der Waals surface area contributed by atoms with Crippen LogP contribution in [0.3, 0.4) is 0 Å². The van der Waals surface area contributed by atoms with E-state index in [1.807, 2.05) is 13.0 Å². The number of hydrogen-bond acceptors (Lipinski definition) is 4. The topological polar surface area (TPSA) is 91.7 Å². The minimum atomic E-state index is -0.199. The number of benzene rings is 1. The van der Waals surface area contributed by atoms with Crippen molar-refractivity contribution in [3.05, 3.63) is 53.5 Å². The van der Waals surface area contributed by atoms with Gasteiger partial charge in [-0.3, -0.25) is 14.4 Å². The van der Waals surface area contributed by atoms with Crippen LogP contribution >= 0.6 is 0 Å². The normalized spacial score (nSPS) is 14.7. The molecule has 1 aromatic heterocycles. The molecule has 2 aromatic rings. The second-order valence-electron chi connectivity index (χ2n) is 6.64. The van der Waals surface area contributed by atoms with E-state index in [9.17, 15) is 14.4 Å². The number of aryl methyl sites for hydroxylation is 1. The van der Waals surface area contributed by atoms with Crippen molar-refractivity contribution in [1.29, 1.82) is 0 Å². The molecule has 7 heteroatoms. The highest BCUT2D eigenvalue weighted by Crippen LogP contribution is 2.23. The molecule has 0 aliphatic carbocycles. The van der Waals surface area contributed by atoms with Gasteiger partial charge in [-0.2, -0.15) is 0 Å². The molecule has 0 bridgehead atoms. The molecule has 27 heavy (non-hydrogen) atoms. The van der Waals surface area contributed by atoms with Crippen molar-refractivity contribution >= 4 is 23.4 Å². The summed E-state index contributed by atoms with van der Waals surface area (Å²) < 4.78 is 5.15. The van der Waals surface area contributed by atoms with E-state index < -0.39 is 0 Å². The molecule has 3 rings (SSSR count). The molecule has 1 aromatic carbocycles. The Balaban J connectivity index is 1.60. The Labute approximate surface area is 157 Å². The number of carbonyl (C=O) groups excluding carboxylic acids is 3. The van der Waals surface area contributed by atoms with Crippen molar-refractivity contribution in [2.45, 2.75) is 19.8 Å². The van der Waals surface area contributed by atoms with Crippen LogP contribution in [0.1, 0.15) is 39.3 Å². The molecule has 1 saturated heterocycles. The minimum absolute atomic E-state index is 0.0859. The fraction of sp³-hybridized carbons (Fsp3) is 0.350. The predicted octanol–water partition coefficient (Wildman–Crippen LogP) is 2.44. The van der Waals surface area contributed by atoms with E-state index in [1.54, 1.807) is 36.2 Å². The van der Waals surface area contributed by atoms with E-state index in [0.29, 0.717) is 42.9 Å². The molecule has 1 aliphatic rings. The van der Waals surface area contributed by atoms with Crippen molar-refractivity contribution in [3.63, 3.8) is 0 Å². The Bertz CT molecular complexity index is 837. The molecule has 3 amide bonds. The SMILES string of the molecule is CNC(=O)c1ccc(C)c(NC(=O)C2CCN(C(=O)c3ccco3)CC2)c1. The third-order valence-corrected chi connectivity index (χ3v) is 4.87. The maximum Gasteiger partial charge on any atom is 0.289 e. The molecular weight excluding hydrogens is 346 g/mol. The molecular formula is C20H23N3O4. The number of likely N-dealkylation sites (tertiary alicyclic amines) is 1. The van der Waals surface area contributed by atoms with E-state index >= 15 is 0 Å². The van der Waals surface area contributed by atoms with Gasteiger partial charge in [-0.1, -0.05) is 6.07 Å². The molecule has 0 unspecified atom stereocenters. The minimum Gasteiger partial charge on any atom is -0.459 e. The first-order chi connectivity index (χ1) is 13.0. The number of nitrogens with one attached hydrogen (secondary N) is 2. The highest BCUT2D eigenvalue weighted by atomic mass is 16.3. The number of rotatable bonds is 4. The Morgan fingerprint density at radius 3 is 2.52 bits per heavy atom. The zero-order chi connectivity index (χ0) is 19.4. The summed E-state index contributed by atoms with van der Waals surface area (Å²) in [6.45, 7) is 2.90. The Hall–Kier alpha value is -3.09. The van der Waals surface area contributed by atoms with Gasteiger partial charge in [-0.05, 0) is 49.6 Å². The smallest absolute Gasteiger partial charge is 0.289 e. The number of furan rings is 1. The van der Waals surface area contributed by atoms with Crippen LogP contribution in [0.4, 0.5) is 5.69 Å². The number of carbonyl (C=O) groups is 3. The molecule has 1 fully saturated rings. The highest BCUT2D eigenvalue weighted by molar-refractivity contribution is 5.98. The number of amides is 3. The predicted molar refractivity (Wildman–Crippen MR) is 101 cm³/mol. The van der Waals surface area contributed by atoms with E-state index in [2.05, 4.69) is 10.6 Å². The lowest BCUT2D eigenvalue weighted by Gasteiger charge is -2.30. The maximum absolute atomic E-state index is 12.6. The fourth-order valence-corrected chi connectivity index (χ4v) is 3.18. The van der Waals surface area contributed by atoms with Crippen molar-refractivity contribution in [1.82, 2.24) is 10.2 Å². The van der Waals surface area contributed by atoms with Gasteiger partial charge in [-0.25, -0.2) is 0 Å². The van der Waals surface area contributed by atoms with E-state index in [4.69, 9.17) is 4.42 Å². The van der Waals surface area contributed by atoms with Crippen molar-refractivity contribution < 1.29 is 18.8 Å². The first-order valence-corrected chi connectivity index (χ1v) is 8.96. The monoisotopic (exact) mass is 369 g/mol. The van der Waals surface area contributed by atoms with Crippen LogP contribution in [0.25, 0.3) is 0 Å².